The largest absolute Gasteiger partial charge is 0.384 e. The van der Waals surface area contributed by atoms with Gasteiger partial charge < -0.3 is 20.9 Å². The van der Waals surface area contributed by atoms with E-state index in [2.05, 4.69) is 47.1 Å². The molecule has 0 radical (unpaired) electrons. The zero-order valence-electron chi connectivity index (χ0n) is 19.8. The number of hydrogen-bond acceptors (Lipinski definition) is 5. The molecule has 1 aliphatic heterocycles. The lowest BCUT2D eigenvalue weighted by Gasteiger charge is -2.39. The zero-order valence-corrected chi connectivity index (χ0v) is 20.6. The van der Waals surface area contributed by atoms with E-state index in [1.165, 1.54) is 5.57 Å². The molecular formula is C26H35ClFN5. The molecule has 0 amide bonds. The summed E-state index contributed by atoms with van der Waals surface area (Å²) in [6, 6.07) is 7.68. The van der Waals surface area contributed by atoms with Crippen LogP contribution in [-0.4, -0.2) is 42.2 Å². The number of alkyl halides is 1. The average molecular weight is 472 g/mol. The molecule has 2 heterocycles. The SMILES string of the molecule is C/C=C\C(F)C/C=C/NC(=C(C)C)N1CCN(c2cc(N)nc3cc(Cl)ccc23)CC1.C=C. The van der Waals surface area contributed by atoms with E-state index < -0.39 is 6.17 Å². The van der Waals surface area contributed by atoms with Crippen LogP contribution in [0, 0.1) is 0 Å². The third kappa shape index (κ3) is 7.26. The minimum Gasteiger partial charge on any atom is -0.384 e. The first-order chi connectivity index (χ1) is 15.9. The monoisotopic (exact) mass is 471 g/mol. The number of rotatable bonds is 7. The van der Waals surface area contributed by atoms with Crippen LogP contribution in [0.1, 0.15) is 27.2 Å². The fraction of sp³-hybridized carbons (Fsp3) is 0.346. The number of benzene rings is 1. The van der Waals surface area contributed by atoms with E-state index in [-0.39, 0.29) is 0 Å². The van der Waals surface area contributed by atoms with Crippen LogP contribution in [0.3, 0.4) is 0 Å². The standard InChI is InChI=1S/C24H31ClFN5.C2H4/c1-4-6-19(26)7-5-10-28-24(17(2)3)31-13-11-30(12-14-31)22-16-23(27)29-21-15-18(25)8-9-20(21)22;1-2/h4-6,8-10,15-16,19,28H,7,11-14H2,1-3H3,(H2,27,29);1-2H2/b6-4-,10-5+;. The average Bonchev–Trinajstić information content (AvgIpc) is 2.79. The summed E-state index contributed by atoms with van der Waals surface area (Å²) >= 11 is 6.14. The fourth-order valence-electron chi connectivity index (χ4n) is 3.81. The fourth-order valence-corrected chi connectivity index (χ4v) is 3.98. The molecule has 1 atom stereocenters. The minimum atomic E-state index is -0.945. The quantitative estimate of drug-likeness (QED) is 0.481. The number of nitrogens with two attached hydrogens (primary N) is 1. The van der Waals surface area contributed by atoms with Gasteiger partial charge in [-0.15, -0.1) is 13.2 Å². The number of nitrogens with zero attached hydrogens (tertiary/aromatic N) is 3. The van der Waals surface area contributed by atoms with Crippen LogP contribution in [0.4, 0.5) is 15.9 Å². The third-order valence-corrected chi connectivity index (χ3v) is 5.52. The zero-order chi connectivity index (χ0) is 24.4. The minimum absolute atomic E-state index is 0.363. The highest BCUT2D eigenvalue weighted by molar-refractivity contribution is 6.31. The molecule has 178 valence electrons. The second-order valence-corrected chi connectivity index (χ2v) is 8.31. The Kier molecular flexibility index (Phi) is 10.3. The van der Waals surface area contributed by atoms with Gasteiger partial charge >= 0.3 is 0 Å². The van der Waals surface area contributed by atoms with Gasteiger partial charge in [0.2, 0.25) is 0 Å². The lowest BCUT2D eigenvalue weighted by molar-refractivity contribution is 0.304. The molecule has 1 aromatic heterocycles. The summed E-state index contributed by atoms with van der Waals surface area (Å²) < 4.78 is 13.6. The number of nitrogen functional groups attached to an aromatic ring is 1. The lowest BCUT2D eigenvalue weighted by atomic mass is 10.1. The van der Waals surface area contributed by atoms with Crippen LogP contribution >= 0.6 is 11.6 Å². The second kappa shape index (κ2) is 12.9. The molecule has 3 N–H and O–H groups in total. The topological polar surface area (TPSA) is 57.4 Å². The summed E-state index contributed by atoms with van der Waals surface area (Å²) in [6.45, 7) is 15.4. The number of allylic oxidation sites excluding steroid dienone is 4. The van der Waals surface area contributed by atoms with Gasteiger partial charge in [0.25, 0.3) is 0 Å². The molecular weight excluding hydrogens is 437 g/mol. The summed E-state index contributed by atoms with van der Waals surface area (Å²) in [5, 5.41) is 5.06. The van der Waals surface area contributed by atoms with Gasteiger partial charge in [0, 0.05) is 54.8 Å². The van der Waals surface area contributed by atoms with Gasteiger partial charge in [-0.1, -0.05) is 29.8 Å². The van der Waals surface area contributed by atoms with Crippen LogP contribution in [0.2, 0.25) is 5.02 Å². The Hall–Kier alpha value is -2.99. The van der Waals surface area contributed by atoms with E-state index in [0.29, 0.717) is 17.3 Å². The molecule has 1 unspecified atom stereocenters. The van der Waals surface area contributed by atoms with Gasteiger partial charge in [-0.05, 0) is 50.7 Å². The van der Waals surface area contributed by atoms with Crippen molar-refractivity contribution in [1.82, 2.24) is 15.2 Å². The number of piperazine rings is 1. The normalized spacial score (nSPS) is 14.9. The van der Waals surface area contributed by atoms with Gasteiger partial charge in [0.05, 0.1) is 5.52 Å². The summed E-state index contributed by atoms with van der Waals surface area (Å²) in [6.07, 6.45) is 6.39. The number of aromatic nitrogens is 1. The van der Waals surface area contributed by atoms with Crippen molar-refractivity contribution in [3.8, 4) is 0 Å². The van der Waals surface area contributed by atoms with Crippen LogP contribution in [-0.2, 0) is 0 Å². The molecule has 5 nitrogen and oxygen atoms in total. The van der Waals surface area contributed by atoms with Gasteiger partial charge in [-0.25, -0.2) is 9.37 Å². The van der Waals surface area contributed by atoms with E-state index in [1.807, 2.05) is 43.5 Å². The summed E-state index contributed by atoms with van der Waals surface area (Å²) in [4.78, 5) is 9.10. The number of fused-ring (bicyclic) bond motifs is 1. The van der Waals surface area contributed by atoms with Crippen LogP contribution in [0.25, 0.3) is 10.9 Å². The van der Waals surface area contributed by atoms with Gasteiger partial charge in [0.1, 0.15) is 17.8 Å². The first-order valence-corrected chi connectivity index (χ1v) is 11.5. The number of hydrogen-bond donors (Lipinski definition) is 2. The molecule has 2 aromatic rings. The van der Waals surface area contributed by atoms with E-state index in [4.69, 9.17) is 17.3 Å². The maximum Gasteiger partial charge on any atom is 0.126 e. The van der Waals surface area contributed by atoms with Crippen molar-refractivity contribution in [2.45, 2.75) is 33.4 Å². The maximum absolute atomic E-state index is 13.6. The molecule has 0 saturated carbocycles. The van der Waals surface area contributed by atoms with E-state index in [9.17, 15) is 4.39 Å². The Morgan fingerprint density at radius 1 is 1.24 bits per heavy atom. The van der Waals surface area contributed by atoms with Gasteiger partial charge in [-0.3, -0.25) is 0 Å². The molecule has 33 heavy (non-hydrogen) atoms. The lowest BCUT2D eigenvalue weighted by Crippen LogP contribution is -2.48. The first kappa shape index (κ1) is 26.3. The van der Waals surface area contributed by atoms with Crippen molar-refractivity contribution in [2.24, 2.45) is 0 Å². The molecule has 0 spiro atoms. The Bertz CT molecular complexity index is 1000. The van der Waals surface area contributed by atoms with Crippen molar-refractivity contribution in [3.63, 3.8) is 0 Å². The molecule has 0 aliphatic carbocycles. The summed E-state index contributed by atoms with van der Waals surface area (Å²) in [7, 11) is 0. The molecule has 3 rings (SSSR count). The van der Waals surface area contributed by atoms with E-state index in [1.54, 1.807) is 12.2 Å². The number of halogens is 2. The van der Waals surface area contributed by atoms with E-state index in [0.717, 1.165) is 48.6 Å². The Morgan fingerprint density at radius 2 is 1.94 bits per heavy atom. The van der Waals surface area contributed by atoms with Crippen molar-refractivity contribution >= 4 is 34.0 Å². The first-order valence-electron chi connectivity index (χ1n) is 11.1. The predicted molar refractivity (Wildman–Crippen MR) is 141 cm³/mol. The molecule has 1 aromatic carbocycles. The van der Waals surface area contributed by atoms with Gasteiger partial charge in [-0.2, -0.15) is 0 Å². The number of anilines is 2. The van der Waals surface area contributed by atoms with Crippen LogP contribution in [0.15, 0.2) is 73.2 Å². The van der Waals surface area contributed by atoms with Crippen molar-refractivity contribution in [1.29, 1.82) is 0 Å². The highest BCUT2D eigenvalue weighted by Crippen LogP contribution is 2.30. The molecule has 1 fully saturated rings. The maximum atomic E-state index is 13.6. The smallest absolute Gasteiger partial charge is 0.126 e. The summed E-state index contributed by atoms with van der Waals surface area (Å²) in [5.74, 6) is 1.57. The molecule has 1 aliphatic rings. The van der Waals surface area contributed by atoms with Crippen LogP contribution in [0.5, 0.6) is 0 Å². The van der Waals surface area contributed by atoms with Gasteiger partial charge in [0.15, 0.2) is 0 Å². The molecule has 0 bridgehead atoms. The number of pyridine rings is 1. The molecule has 1 saturated heterocycles. The highest BCUT2D eigenvalue weighted by atomic mass is 35.5. The second-order valence-electron chi connectivity index (χ2n) is 7.87. The van der Waals surface area contributed by atoms with E-state index >= 15 is 0 Å². The van der Waals surface area contributed by atoms with Crippen molar-refractivity contribution in [3.05, 3.63) is 78.3 Å². The van der Waals surface area contributed by atoms with Crippen LogP contribution < -0.4 is 16.0 Å². The van der Waals surface area contributed by atoms with Crippen molar-refractivity contribution in [2.75, 3.05) is 36.8 Å². The highest BCUT2D eigenvalue weighted by Gasteiger charge is 2.21. The summed E-state index contributed by atoms with van der Waals surface area (Å²) in [5.41, 5.74) is 9.15. The molecule has 7 heteroatoms. The Morgan fingerprint density at radius 3 is 2.58 bits per heavy atom. The number of nitrogens with one attached hydrogen (secondary N) is 1. The third-order valence-electron chi connectivity index (χ3n) is 5.28. The predicted octanol–water partition coefficient (Wildman–Crippen LogP) is 6.05. The Balaban J connectivity index is 0.00000187. The van der Waals surface area contributed by atoms with Crippen molar-refractivity contribution < 1.29 is 4.39 Å². The Labute approximate surface area is 202 Å².